The lowest BCUT2D eigenvalue weighted by molar-refractivity contribution is -0.136. The molecule has 3 nitrogen and oxygen atoms in total. The van der Waals surface area contributed by atoms with Crippen LogP contribution in [-0.4, -0.2) is 34.0 Å². The van der Waals surface area contributed by atoms with Crippen LogP contribution < -0.4 is 5.32 Å². The lowest BCUT2D eigenvalue weighted by atomic mass is 9.92. The minimum atomic E-state index is -0.595. The monoisotopic (exact) mass is 266 g/mol. The number of rotatable bonds is 4. The van der Waals surface area contributed by atoms with Gasteiger partial charge in [-0.05, 0) is 55.4 Å². The van der Waals surface area contributed by atoms with Crippen LogP contribution >= 0.6 is 0 Å². The molecular formula is C16H30N2O. The maximum Gasteiger partial charge on any atom is 0.240 e. The number of carbonyl (C=O) groups is 1. The fourth-order valence-electron chi connectivity index (χ4n) is 2.25. The molecule has 0 aliphatic heterocycles. The van der Waals surface area contributed by atoms with Gasteiger partial charge in [0.15, 0.2) is 0 Å². The van der Waals surface area contributed by atoms with Crippen molar-refractivity contribution in [2.24, 2.45) is 0 Å². The van der Waals surface area contributed by atoms with Gasteiger partial charge in [-0.25, -0.2) is 0 Å². The SMILES string of the molecule is C#CCCN(C(C)(C)C)C(C)(C)C(=O)NC(C)(C)C. The first kappa shape index (κ1) is 18.0. The molecule has 0 bridgehead atoms. The third-order valence-corrected chi connectivity index (χ3v) is 3.01. The van der Waals surface area contributed by atoms with Gasteiger partial charge in [0.2, 0.25) is 5.91 Å². The van der Waals surface area contributed by atoms with Gasteiger partial charge < -0.3 is 5.32 Å². The molecule has 0 aromatic rings. The van der Waals surface area contributed by atoms with Gasteiger partial charge in [-0.3, -0.25) is 9.69 Å². The summed E-state index contributed by atoms with van der Waals surface area (Å²) in [5, 5.41) is 3.06. The van der Waals surface area contributed by atoms with E-state index in [0.29, 0.717) is 13.0 Å². The van der Waals surface area contributed by atoms with E-state index in [1.54, 1.807) is 0 Å². The van der Waals surface area contributed by atoms with Crippen molar-refractivity contribution >= 4 is 5.91 Å². The van der Waals surface area contributed by atoms with E-state index >= 15 is 0 Å². The van der Waals surface area contributed by atoms with Crippen molar-refractivity contribution in [3.8, 4) is 12.3 Å². The molecule has 0 unspecified atom stereocenters. The molecule has 0 saturated carbocycles. The van der Waals surface area contributed by atoms with Crippen LogP contribution in [-0.2, 0) is 4.79 Å². The largest absolute Gasteiger partial charge is 0.350 e. The smallest absolute Gasteiger partial charge is 0.240 e. The molecule has 0 saturated heterocycles. The second kappa shape index (κ2) is 5.96. The van der Waals surface area contributed by atoms with Gasteiger partial charge in [0.05, 0.1) is 5.54 Å². The van der Waals surface area contributed by atoms with Crippen molar-refractivity contribution in [1.29, 1.82) is 0 Å². The average molecular weight is 266 g/mol. The molecule has 0 aromatic heterocycles. The fraction of sp³-hybridized carbons (Fsp3) is 0.812. The Bertz CT molecular complexity index is 350. The predicted octanol–water partition coefficient (Wildman–Crippen LogP) is 2.80. The van der Waals surface area contributed by atoms with Crippen molar-refractivity contribution in [2.75, 3.05) is 6.54 Å². The molecule has 19 heavy (non-hydrogen) atoms. The minimum absolute atomic E-state index is 0.0342. The first-order valence-electron chi connectivity index (χ1n) is 6.86. The van der Waals surface area contributed by atoms with Crippen molar-refractivity contribution in [2.45, 2.75) is 78.4 Å². The summed E-state index contributed by atoms with van der Waals surface area (Å²) in [4.78, 5) is 14.7. The standard InChI is InChI=1S/C16H30N2O/c1-10-11-12-18(15(5,6)7)16(8,9)13(19)17-14(2,3)4/h1H,11-12H2,2-9H3,(H,17,19). The number of hydrogen-bond acceptors (Lipinski definition) is 2. The molecule has 0 atom stereocenters. The summed E-state index contributed by atoms with van der Waals surface area (Å²) in [6.07, 6.45) is 6.01. The Hall–Kier alpha value is -1.01. The average Bonchev–Trinajstić information content (AvgIpc) is 2.12. The minimum Gasteiger partial charge on any atom is -0.350 e. The highest BCUT2D eigenvalue weighted by Gasteiger charge is 2.41. The molecule has 0 spiro atoms. The molecule has 0 radical (unpaired) electrons. The zero-order chi connectivity index (χ0) is 15.5. The van der Waals surface area contributed by atoms with E-state index in [4.69, 9.17) is 6.42 Å². The second-order valence-electron chi connectivity index (χ2n) is 7.54. The molecule has 0 heterocycles. The summed E-state index contributed by atoms with van der Waals surface area (Å²) in [6, 6.07) is 0. The zero-order valence-corrected chi connectivity index (χ0v) is 13.8. The Morgan fingerprint density at radius 1 is 1.11 bits per heavy atom. The van der Waals surface area contributed by atoms with Gasteiger partial charge in [0.25, 0.3) is 0 Å². The van der Waals surface area contributed by atoms with Gasteiger partial charge in [-0.15, -0.1) is 12.3 Å². The van der Waals surface area contributed by atoms with Crippen molar-refractivity contribution in [3.63, 3.8) is 0 Å². The molecule has 0 aromatic carbocycles. The Balaban J connectivity index is 5.19. The molecule has 1 N–H and O–H groups in total. The second-order valence-corrected chi connectivity index (χ2v) is 7.54. The number of carbonyl (C=O) groups excluding carboxylic acids is 1. The number of terminal acetylenes is 1. The molecule has 0 aliphatic rings. The van der Waals surface area contributed by atoms with Crippen LogP contribution in [0.2, 0.25) is 0 Å². The van der Waals surface area contributed by atoms with Gasteiger partial charge in [0, 0.05) is 24.0 Å². The summed E-state index contributed by atoms with van der Waals surface area (Å²) >= 11 is 0. The Kier molecular flexibility index (Phi) is 5.65. The number of hydrogen-bond donors (Lipinski definition) is 1. The number of amides is 1. The summed E-state index contributed by atoms with van der Waals surface area (Å²) in [5.74, 6) is 2.69. The van der Waals surface area contributed by atoms with Crippen LogP contribution in [0.15, 0.2) is 0 Å². The quantitative estimate of drug-likeness (QED) is 0.794. The number of nitrogens with one attached hydrogen (secondary N) is 1. The topological polar surface area (TPSA) is 32.3 Å². The lowest BCUT2D eigenvalue weighted by Gasteiger charge is -2.46. The Morgan fingerprint density at radius 2 is 1.58 bits per heavy atom. The lowest BCUT2D eigenvalue weighted by Crippen LogP contribution is -2.63. The third-order valence-electron chi connectivity index (χ3n) is 3.01. The third kappa shape index (κ3) is 5.65. The van der Waals surface area contributed by atoms with E-state index < -0.39 is 5.54 Å². The van der Waals surface area contributed by atoms with E-state index in [9.17, 15) is 4.79 Å². The van der Waals surface area contributed by atoms with Crippen LogP contribution in [0.1, 0.15) is 61.8 Å². The molecule has 1 amide bonds. The Labute approximate surface area is 119 Å². The maximum atomic E-state index is 12.5. The van der Waals surface area contributed by atoms with Gasteiger partial charge in [0.1, 0.15) is 0 Å². The zero-order valence-electron chi connectivity index (χ0n) is 13.8. The van der Waals surface area contributed by atoms with E-state index in [-0.39, 0.29) is 17.0 Å². The van der Waals surface area contributed by atoms with Crippen LogP contribution in [0.4, 0.5) is 0 Å². The van der Waals surface area contributed by atoms with Gasteiger partial charge in [-0.2, -0.15) is 0 Å². The number of nitrogens with zero attached hydrogens (tertiary/aromatic N) is 1. The molecular weight excluding hydrogens is 236 g/mol. The van der Waals surface area contributed by atoms with E-state index in [1.807, 2.05) is 34.6 Å². The molecule has 110 valence electrons. The van der Waals surface area contributed by atoms with Crippen LogP contribution in [0, 0.1) is 12.3 Å². The normalized spacial score (nSPS) is 13.3. The van der Waals surface area contributed by atoms with E-state index in [0.717, 1.165) is 0 Å². The van der Waals surface area contributed by atoms with E-state index in [2.05, 4.69) is 36.9 Å². The highest BCUT2D eigenvalue weighted by atomic mass is 16.2. The maximum absolute atomic E-state index is 12.5. The summed E-state index contributed by atoms with van der Waals surface area (Å²) in [5.41, 5.74) is -0.942. The molecule has 0 aliphatic carbocycles. The van der Waals surface area contributed by atoms with Crippen LogP contribution in [0.25, 0.3) is 0 Å². The summed E-state index contributed by atoms with van der Waals surface area (Å²) in [6.45, 7) is 16.9. The van der Waals surface area contributed by atoms with Gasteiger partial charge >= 0.3 is 0 Å². The highest BCUT2D eigenvalue weighted by Crippen LogP contribution is 2.26. The Morgan fingerprint density at radius 3 is 1.89 bits per heavy atom. The highest BCUT2D eigenvalue weighted by molar-refractivity contribution is 5.86. The predicted molar refractivity (Wildman–Crippen MR) is 81.9 cm³/mol. The molecule has 0 rings (SSSR count). The van der Waals surface area contributed by atoms with Crippen LogP contribution in [0.5, 0.6) is 0 Å². The van der Waals surface area contributed by atoms with Crippen molar-refractivity contribution < 1.29 is 4.79 Å². The fourth-order valence-corrected chi connectivity index (χ4v) is 2.25. The summed E-state index contributed by atoms with van der Waals surface area (Å²) < 4.78 is 0. The van der Waals surface area contributed by atoms with Crippen LogP contribution in [0.3, 0.4) is 0 Å². The first-order chi connectivity index (χ1) is 8.32. The van der Waals surface area contributed by atoms with Crippen molar-refractivity contribution in [3.05, 3.63) is 0 Å². The van der Waals surface area contributed by atoms with Gasteiger partial charge in [-0.1, -0.05) is 0 Å². The first-order valence-corrected chi connectivity index (χ1v) is 6.86. The molecule has 0 fully saturated rings. The van der Waals surface area contributed by atoms with Crippen molar-refractivity contribution in [1.82, 2.24) is 10.2 Å². The van der Waals surface area contributed by atoms with E-state index in [1.165, 1.54) is 0 Å². The summed E-state index contributed by atoms with van der Waals surface area (Å²) in [7, 11) is 0. The molecule has 3 heteroatoms.